The van der Waals surface area contributed by atoms with E-state index in [-0.39, 0.29) is 12.1 Å². The molecule has 1 aliphatic rings. The van der Waals surface area contributed by atoms with Gasteiger partial charge in [-0.05, 0) is 39.2 Å². The molecular formula is C16H22N2O2. The highest BCUT2D eigenvalue weighted by Gasteiger charge is 2.29. The van der Waals surface area contributed by atoms with Crippen LogP contribution in [-0.2, 0) is 4.74 Å². The molecule has 108 valence electrons. The van der Waals surface area contributed by atoms with Crippen molar-refractivity contribution in [2.24, 2.45) is 0 Å². The van der Waals surface area contributed by atoms with Crippen LogP contribution in [0.1, 0.15) is 17.4 Å². The Balaban J connectivity index is 1.90. The lowest BCUT2D eigenvalue weighted by Gasteiger charge is -2.34. The van der Waals surface area contributed by atoms with Crippen LogP contribution >= 0.6 is 0 Å². The average molecular weight is 274 g/mol. The fourth-order valence-corrected chi connectivity index (χ4v) is 2.86. The van der Waals surface area contributed by atoms with E-state index in [1.807, 2.05) is 13.1 Å². The molecule has 2 atom stereocenters. The van der Waals surface area contributed by atoms with Crippen molar-refractivity contribution in [3.05, 3.63) is 35.6 Å². The van der Waals surface area contributed by atoms with Gasteiger partial charge in [-0.1, -0.05) is 11.6 Å². The van der Waals surface area contributed by atoms with Gasteiger partial charge >= 0.3 is 0 Å². The molecule has 20 heavy (non-hydrogen) atoms. The van der Waals surface area contributed by atoms with Crippen molar-refractivity contribution < 1.29 is 9.15 Å². The Morgan fingerprint density at radius 3 is 2.95 bits per heavy atom. The zero-order valence-electron chi connectivity index (χ0n) is 12.3. The van der Waals surface area contributed by atoms with Crippen molar-refractivity contribution in [3.8, 4) is 0 Å². The number of morpholine rings is 1. The molecule has 3 rings (SSSR count). The first-order valence-electron chi connectivity index (χ1n) is 7.15. The first-order chi connectivity index (χ1) is 9.67. The number of hydrogen-bond donors (Lipinski definition) is 1. The minimum atomic E-state index is 0.0884. The van der Waals surface area contributed by atoms with E-state index in [0.717, 1.165) is 36.4 Å². The van der Waals surface area contributed by atoms with Gasteiger partial charge in [0.2, 0.25) is 0 Å². The summed E-state index contributed by atoms with van der Waals surface area (Å²) in [5.74, 6) is 0.952. The van der Waals surface area contributed by atoms with Gasteiger partial charge in [-0.25, -0.2) is 0 Å². The van der Waals surface area contributed by atoms with Gasteiger partial charge in [-0.2, -0.15) is 0 Å². The standard InChI is InChI=1S/C16H22N2O2/c1-11-4-5-13-12(8-11)9-14(20-13)16(17-2)15-10-18(3)6-7-19-15/h4-5,8-9,15-17H,6-7,10H2,1-3H3. The SMILES string of the molecule is CNC(c1cc2cc(C)ccc2o1)C1CN(C)CCO1. The molecule has 4 heteroatoms. The molecule has 0 aliphatic carbocycles. The molecule has 2 heterocycles. The summed E-state index contributed by atoms with van der Waals surface area (Å²) < 4.78 is 11.9. The largest absolute Gasteiger partial charge is 0.459 e. The second kappa shape index (κ2) is 5.56. The molecule has 1 aromatic carbocycles. The molecule has 4 nitrogen and oxygen atoms in total. The van der Waals surface area contributed by atoms with E-state index in [1.54, 1.807) is 0 Å². The van der Waals surface area contributed by atoms with Gasteiger partial charge < -0.3 is 19.4 Å². The quantitative estimate of drug-likeness (QED) is 0.932. The second-order valence-corrected chi connectivity index (χ2v) is 5.63. The van der Waals surface area contributed by atoms with Crippen molar-refractivity contribution in [1.29, 1.82) is 0 Å². The predicted molar refractivity (Wildman–Crippen MR) is 80.0 cm³/mol. The van der Waals surface area contributed by atoms with E-state index < -0.39 is 0 Å². The van der Waals surface area contributed by atoms with Gasteiger partial charge in [0.25, 0.3) is 0 Å². The van der Waals surface area contributed by atoms with Crippen LogP contribution in [0.2, 0.25) is 0 Å². The molecule has 2 unspecified atom stereocenters. The maximum Gasteiger partial charge on any atom is 0.134 e. The van der Waals surface area contributed by atoms with Crippen molar-refractivity contribution in [3.63, 3.8) is 0 Å². The number of benzene rings is 1. The fourth-order valence-electron chi connectivity index (χ4n) is 2.86. The molecular weight excluding hydrogens is 252 g/mol. The van der Waals surface area contributed by atoms with Crippen LogP contribution in [0.15, 0.2) is 28.7 Å². The highest BCUT2D eigenvalue weighted by Crippen LogP contribution is 2.28. The summed E-state index contributed by atoms with van der Waals surface area (Å²) in [7, 11) is 4.09. The van der Waals surface area contributed by atoms with Crippen LogP contribution < -0.4 is 5.32 Å². The number of hydrogen-bond acceptors (Lipinski definition) is 4. The monoisotopic (exact) mass is 274 g/mol. The predicted octanol–water partition coefficient (Wildman–Crippen LogP) is 2.33. The van der Waals surface area contributed by atoms with Crippen molar-refractivity contribution >= 4 is 11.0 Å². The first-order valence-corrected chi connectivity index (χ1v) is 7.15. The lowest BCUT2D eigenvalue weighted by atomic mass is 10.1. The van der Waals surface area contributed by atoms with E-state index in [0.29, 0.717) is 0 Å². The summed E-state index contributed by atoms with van der Waals surface area (Å²) in [6.45, 7) is 4.79. The zero-order valence-corrected chi connectivity index (χ0v) is 12.3. The van der Waals surface area contributed by atoms with E-state index in [1.165, 1.54) is 5.56 Å². The maximum atomic E-state index is 6.00. The smallest absolute Gasteiger partial charge is 0.134 e. The number of aryl methyl sites for hydroxylation is 1. The molecule has 1 aromatic heterocycles. The topological polar surface area (TPSA) is 37.6 Å². The number of fused-ring (bicyclic) bond motifs is 1. The minimum absolute atomic E-state index is 0.0884. The molecule has 0 saturated carbocycles. The number of nitrogens with one attached hydrogen (secondary N) is 1. The van der Waals surface area contributed by atoms with Crippen LogP contribution in [0.25, 0.3) is 11.0 Å². The number of furan rings is 1. The molecule has 1 saturated heterocycles. The molecule has 0 radical (unpaired) electrons. The van der Waals surface area contributed by atoms with Gasteiger partial charge in [0, 0.05) is 18.5 Å². The molecule has 2 aromatic rings. The number of nitrogens with zero attached hydrogens (tertiary/aromatic N) is 1. The maximum absolute atomic E-state index is 6.00. The highest BCUT2D eigenvalue weighted by atomic mass is 16.5. The van der Waals surface area contributed by atoms with Crippen molar-refractivity contribution in [2.45, 2.75) is 19.1 Å². The molecule has 1 aliphatic heterocycles. The summed E-state index contributed by atoms with van der Waals surface area (Å²) >= 11 is 0. The third-order valence-corrected chi connectivity index (χ3v) is 3.98. The Bertz CT molecular complexity index is 593. The van der Waals surface area contributed by atoms with Gasteiger partial charge in [-0.15, -0.1) is 0 Å². The summed E-state index contributed by atoms with van der Waals surface area (Å²) in [5, 5.41) is 4.50. The lowest BCUT2D eigenvalue weighted by Crippen LogP contribution is -2.45. The Labute approximate surface area is 119 Å². The number of ether oxygens (including phenoxy) is 1. The summed E-state index contributed by atoms with van der Waals surface area (Å²) in [6.07, 6.45) is 0.125. The minimum Gasteiger partial charge on any atom is -0.459 e. The third-order valence-electron chi connectivity index (χ3n) is 3.98. The highest BCUT2D eigenvalue weighted by molar-refractivity contribution is 5.78. The summed E-state index contributed by atoms with van der Waals surface area (Å²) in [4.78, 5) is 2.30. The Hall–Kier alpha value is -1.36. The van der Waals surface area contributed by atoms with Crippen LogP contribution in [0, 0.1) is 6.92 Å². The van der Waals surface area contributed by atoms with Gasteiger partial charge in [-0.3, -0.25) is 0 Å². The Kier molecular flexibility index (Phi) is 3.78. The van der Waals surface area contributed by atoms with Crippen LogP contribution in [0.4, 0.5) is 0 Å². The van der Waals surface area contributed by atoms with Gasteiger partial charge in [0.15, 0.2) is 0 Å². The Morgan fingerprint density at radius 2 is 2.20 bits per heavy atom. The molecule has 0 amide bonds. The molecule has 0 spiro atoms. The van der Waals surface area contributed by atoms with E-state index in [2.05, 4.69) is 42.4 Å². The molecule has 1 fully saturated rings. The summed E-state index contributed by atoms with van der Waals surface area (Å²) in [6, 6.07) is 8.49. The second-order valence-electron chi connectivity index (χ2n) is 5.63. The average Bonchev–Trinajstić information content (AvgIpc) is 2.82. The van der Waals surface area contributed by atoms with E-state index in [4.69, 9.17) is 9.15 Å². The summed E-state index contributed by atoms with van der Waals surface area (Å²) in [5.41, 5.74) is 2.19. The van der Waals surface area contributed by atoms with E-state index in [9.17, 15) is 0 Å². The Morgan fingerprint density at radius 1 is 1.35 bits per heavy atom. The van der Waals surface area contributed by atoms with Crippen LogP contribution in [0.3, 0.4) is 0 Å². The van der Waals surface area contributed by atoms with Crippen LogP contribution in [0.5, 0.6) is 0 Å². The van der Waals surface area contributed by atoms with Crippen molar-refractivity contribution in [1.82, 2.24) is 10.2 Å². The third kappa shape index (κ3) is 2.59. The van der Waals surface area contributed by atoms with Crippen molar-refractivity contribution in [2.75, 3.05) is 33.8 Å². The van der Waals surface area contributed by atoms with Crippen LogP contribution in [-0.4, -0.2) is 44.8 Å². The zero-order chi connectivity index (χ0) is 14.1. The number of rotatable bonds is 3. The lowest BCUT2D eigenvalue weighted by molar-refractivity contribution is -0.0411. The van der Waals surface area contributed by atoms with Gasteiger partial charge in [0.05, 0.1) is 18.8 Å². The normalized spacial score (nSPS) is 22.2. The number of likely N-dealkylation sites (N-methyl/N-ethyl adjacent to an activating group) is 2. The van der Waals surface area contributed by atoms with E-state index >= 15 is 0 Å². The molecule has 1 N–H and O–H groups in total. The van der Waals surface area contributed by atoms with Gasteiger partial charge in [0.1, 0.15) is 11.3 Å². The first kappa shape index (κ1) is 13.6. The fraction of sp³-hybridized carbons (Fsp3) is 0.500. The molecule has 0 bridgehead atoms.